The Bertz CT molecular complexity index is 473. The topological polar surface area (TPSA) is 73.9 Å². The Kier molecular flexibility index (Phi) is 2.95. The number of ether oxygens (including phenoxy) is 1. The summed E-state index contributed by atoms with van der Waals surface area (Å²) in [5, 5.41) is 0. The van der Waals surface area contributed by atoms with Gasteiger partial charge in [0.2, 0.25) is 11.8 Å². The van der Waals surface area contributed by atoms with Crippen molar-refractivity contribution in [3.05, 3.63) is 41.9 Å². The normalized spacial score (nSPS) is 10.1. The second-order valence-electron chi connectivity index (χ2n) is 3.37. The Hall–Kier alpha value is -2.17. The summed E-state index contributed by atoms with van der Waals surface area (Å²) in [5.74, 6) is 0.725. The van der Waals surface area contributed by atoms with Gasteiger partial charge >= 0.3 is 0 Å². The zero-order chi connectivity index (χ0) is 11.4. The minimum absolute atomic E-state index is 0.215. The molecule has 5 heteroatoms. The molecule has 0 bridgehead atoms. The lowest BCUT2D eigenvalue weighted by Crippen LogP contribution is -2.03. The van der Waals surface area contributed by atoms with Gasteiger partial charge in [-0.05, 0) is 13.0 Å². The second kappa shape index (κ2) is 4.57. The van der Waals surface area contributed by atoms with Gasteiger partial charge in [-0.15, -0.1) is 0 Å². The number of anilines is 1. The maximum Gasteiger partial charge on any atom is 0.223 e. The largest absolute Gasteiger partial charge is 0.472 e. The van der Waals surface area contributed by atoms with Crippen molar-refractivity contribution >= 4 is 5.95 Å². The molecule has 0 amide bonds. The fourth-order valence-corrected chi connectivity index (χ4v) is 1.22. The van der Waals surface area contributed by atoms with Gasteiger partial charge in [0.1, 0.15) is 6.61 Å². The van der Waals surface area contributed by atoms with Crippen LogP contribution < -0.4 is 10.5 Å². The monoisotopic (exact) mass is 216 g/mol. The van der Waals surface area contributed by atoms with Crippen LogP contribution in [0.5, 0.6) is 5.88 Å². The SMILES string of the molecule is Cc1cnc(N)nc1OCc1cccnc1. The Morgan fingerprint density at radius 1 is 1.38 bits per heavy atom. The maximum atomic E-state index is 5.53. The number of aromatic nitrogens is 3. The minimum atomic E-state index is 0.215. The number of pyridine rings is 1. The van der Waals surface area contributed by atoms with E-state index in [9.17, 15) is 0 Å². The molecule has 2 N–H and O–H groups in total. The molecule has 2 heterocycles. The van der Waals surface area contributed by atoms with Crippen molar-refractivity contribution in [2.45, 2.75) is 13.5 Å². The minimum Gasteiger partial charge on any atom is -0.472 e. The van der Waals surface area contributed by atoms with Gasteiger partial charge in [0.05, 0.1) is 0 Å². The van der Waals surface area contributed by atoms with Gasteiger partial charge in [0.15, 0.2) is 0 Å². The number of nitrogens with zero attached hydrogens (tertiary/aromatic N) is 3. The molecule has 0 aliphatic heterocycles. The smallest absolute Gasteiger partial charge is 0.223 e. The lowest BCUT2D eigenvalue weighted by Gasteiger charge is -2.07. The first kappa shape index (κ1) is 10.4. The van der Waals surface area contributed by atoms with Gasteiger partial charge in [-0.1, -0.05) is 6.07 Å². The summed E-state index contributed by atoms with van der Waals surface area (Å²) in [4.78, 5) is 11.9. The van der Waals surface area contributed by atoms with E-state index >= 15 is 0 Å². The molecule has 0 unspecified atom stereocenters. The Morgan fingerprint density at radius 2 is 2.25 bits per heavy atom. The predicted octanol–water partition coefficient (Wildman–Crippen LogP) is 1.34. The first-order chi connectivity index (χ1) is 7.75. The number of hydrogen-bond acceptors (Lipinski definition) is 5. The predicted molar refractivity (Wildman–Crippen MR) is 59.8 cm³/mol. The van der Waals surface area contributed by atoms with Crippen molar-refractivity contribution in [3.63, 3.8) is 0 Å². The molecule has 0 aliphatic carbocycles. The highest BCUT2D eigenvalue weighted by Gasteiger charge is 2.03. The summed E-state index contributed by atoms with van der Waals surface area (Å²) in [5.41, 5.74) is 7.33. The van der Waals surface area contributed by atoms with E-state index in [1.807, 2.05) is 19.1 Å². The van der Waals surface area contributed by atoms with Crippen LogP contribution >= 0.6 is 0 Å². The Balaban J connectivity index is 2.08. The molecule has 0 saturated carbocycles. The van der Waals surface area contributed by atoms with Crippen molar-refractivity contribution in [2.24, 2.45) is 0 Å². The molecule has 0 fully saturated rings. The number of rotatable bonds is 3. The van der Waals surface area contributed by atoms with Crippen molar-refractivity contribution < 1.29 is 4.74 Å². The Morgan fingerprint density at radius 3 is 3.00 bits per heavy atom. The van der Waals surface area contributed by atoms with Gasteiger partial charge in [0.25, 0.3) is 0 Å². The summed E-state index contributed by atoms with van der Waals surface area (Å²) in [6, 6.07) is 3.80. The molecular weight excluding hydrogens is 204 g/mol. The van der Waals surface area contributed by atoms with Crippen LogP contribution in [0.2, 0.25) is 0 Å². The van der Waals surface area contributed by atoms with Crippen molar-refractivity contribution in [3.8, 4) is 5.88 Å². The van der Waals surface area contributed by atoms with Crippen LogP contribution in [-0.4, -0.2) is 15.0 Å². The van der Waals surface area contributed by atoms with Crippen LogP contribution in [0.25, 0.3) is 0 Å². The average molecular weight is 216 g/mol. The molecule has 5 nitrogen and oxygen atoms in total. The van der Waals surface area contributed by atoms with Crippen molar-refractivity contribution in [1.29, 1.82) is 0 Å². The lowest BCUT2D eigenvalue weighted by molar-refractivity contribution is 0.291. The first-order valence-electron chi connectivity index (χ1n) is 4.86. The van der Waals surface area contributed by atoms with E-state index < -0.39 is 0 Å². The first-order valence-corrected chi connectivity index (χ1v) is 4.86. The average Bonchev–Trinajstić information content (AvgIpc) is 2.32. The molecule has 0 radical (unpaired) electrons. The van der Waals surface area contributed by atoms with Crippen LogP contribution in [0.3, 0.4) is 0 Å². The number of hydrogen-bond donors (Lipinski definition) is 1. The van der Waals surface area contributed by atoms with Gasteiger partial charge in [-0.2, -0.15) is 4.98 Å². The van der Waals surface area contributed by atoms with E-state index in [2.05, 4.69) is 15.0 Å². The third-order valence-electron chi connectivity index (χ3n) is 2.04. The number of nitrogen functional groups attached to an aromatic ring is 1. The van der Waals surface area contributed by atoms with E-state index in [1.54, 1.807) is 18.6 Å². The molecule has 0 spiro atoms. The highest BCUT2D eigenvalue weighted by Crippen LogP contribution is 2.15. The summed E-state index contributed by atoms with van der Waals surface area (Å²) >= 11 is 0. The van der Waals surface area contributed by atoms with Crippen LogP contribution in [0, 0.1) is 6.92 Å². The lowest BCUT2D eigenvalue weighted by atomic mass is 10.3. The summed E-state index contributed by atoms with van der Waals surface area (Å²) in [6.07, 6.45) is 5.11. The molecule has 2 aromatic rings. The highest BCUT2D eigenvalue weighted by molar-refractivity contribution is 5.28. The molecule has 0 saturated heterocycles. The van der Waals surface area contributed by atoms with Crippen molar-refractivity contribution in [2.75, 3.05) is 5.73 Å². The highest BCUT2D eigenvalue weighted by atomic mass is 16.5. The molecule has 0 atom stereocenters. The maximum absolute atomic E-state index is 5.53. The molecule has 2 rings (SSSR count). The molecule has 82 valence electrons. The fourth-order valence-electron chi connectivity index (χ4n) is 1.22. The molecule has 2 aromatic heterocycles. The van der Waals surface area contributed by atoms with E-state index in [0.29, 0.717) is 12.5 Å². The number of aryl methyl sites for hydroxylation is 1. The Labute approximate surface area is 93.3 Å². The third-order valence-corrected chi connectivity index (χ3v) is 2.04. The van der Waals surface area contributed by atoms with E-state index in [4.69, 9.17) is 10.5 Å². The molecule has 0 aromatic carbocycles. The second-order valence-corrected chi connectivity index (χ2v) is 3.37. The van der Waals surface area contributed by atoms with Crippen LogP contribution in [0.15, 0.2) is 30.7 Å². The summed E-state index contributed by atoms with van der Waals surface area (Å²) in [7, 11) is 0. The molecule has 0 aliphatic rings. The zero-order valence-electron chi connectivity index (χ0n) is 8.92. The van der Waals surface area contributed by atoms with Gasteiger partial charge in [-0.3, -0.25) is 4.98 Å². The summed E-state index contributed by atoms with van der Waals surface area (Å²) < 4.78 is 5.53. The van der Waals surface area contributed by atoms with Crippen LogP contribution in [0.1, 0.15) is 11.1 Å². The van der Waals surface area contributed by atoms with E-state index in [1.165, 1.54) is 0 Å². The quantitative estimate of drug-likeness (QED) is 0.838. The van der Waals surface area contributed by atoms with Crippen LogP contribution in [-0.2, 0) is 6.61 Å². The zero-order valence-corrected chi connectivity index (χ0v) is 8.92. The van der Waals surface area contributed by atoms with Crippen molar-refractivity contribution in [1.82, 2.24) is 15.0 Å². The van der Waals surface area contributed by atoms with Crippen LogP contribution in [0.4, 0.5) is 5.95 Å². The summed E-state index contributed by atoms with van der Waals surface area (Å²) in [6.45, 7) is 2.29. The van der Waals surface area contributed by atoms with E-state index in [0.717, 1.165) is 11.1 Å². The number of nitrogens with two attached hydrogens (primary N) is 1. The molecule has 16 heavy (non-hydrogen) atoms. The van der Waals surface area contributed by atoms with Gasteiger partial charge in [0, 0.05) is 29.7 Å². The third kappa shape index (κ3) is 2.44. The van der Waals surface area contributed by atoms with Gasteiger partial charge < -0.3 is 10.5 Å². The molecular formula is C11H12N4O. The fraction of sp³-hybridized carbons (Fsp3) is 0.182. The van der Waals surface area contributed by atoms with E-state index in [-0.39, 0.29) is 5.95 Å². The standard InChI is InChI=1S/C11H12N4O/c1-8-5-14-11(12)15-10(8)16-7-9-3-2-4-13-6-9/h2-6H,7H2,1H3,(H2,12,14,15). The van der Waals surface area contributed by atoms with Gasteiger partial charge in [-0.25, -0.2) is 4.98 Å².